The van der Waals surface area contributed by atoms with Gasteiger partial charge in [-0.15, -0.1) is 0 Å². The van der Waals surface area contributed by atoms with E-state index < -0.39 is 0 Å². The molecular weight excluding hydrogens is 283 g/mol. The van der Waals surface area contributed by atoms with Crippen molar-refractivity contribution in [2.24, 2.45) is 16.1 Å². The molecule has 2 heterocycles. The van der Waals surface area contributed by atoms with Crippen molar-refractivity contribution in [3.8, 4) is 0 Å². The number of guanidine groups is 1. The van der Waals surface area contributed by atoms with E-state index >= 15 is 0 Å². The van der Waals surface area contributed by atoms with Gasteiger partial charge in [0, 0.05) is 37.3 Å². The van der Waals surface area contributed by atoms with Crippen LogP contribution in [0.3, 0.4) is 0 Å². The van der Waals surface area contributed by atoms with Gasteiger partial charge < -0.3 is 20.3 Å². The van der Waals surface area contributed by atoms with Crippen LogP contribution in [0.25, 0.3) is 0 Å². The molecule has 0 aliphatic carbocycles. The molecule has 120 valence electrons. The number of hydrogen-bond donors (Lipinski definition) is 1. The van der Waals surface area contributed by atoms with E-state index in [1.165, 1.54) is 12.1 Å². The molecule has 0 spiro atoms. The summed E-state index contributed by atoms with van der Waals surface area (Å²) in [6.07, 6.45) is 0. The van der Waals surface area contributed by atoms with Crippen molar-refractivity contribution < 1.29 is 9.13 Å². The second kappa shape index (κ2) is 6.12. The minimum absolute atomic E-state index is 0.153. The molecule has 1 aromatic rings. The number of nitrogens with two attached hydrogens (primary N) is 1. The summed E-state index contributed by atoms with van der Waals surface area (Å²) in [5.74, 6) is 0.416. The molecule has 0 unspecified atom stereocenters. The molecule has 0 radical (unpaired) electrons. The van der Waals surface area contributed by atoms with E-state index in [0.29, 0.717) is 5.96 Å². The van der Waals surface area contributed by atoms with Gasteiger partial charge in [0.05, 0.1) is 19.8 Å². The topological polar surface area (TPSA) is 54.1 Å². The Morgan fingerprint density at radius 2 is 1.86 bits per heavy atom. The van der Waals surface area contributed by atoms with Crippen LogP contribution in [-0.2, 0) is 4.74 Å². The third-order valence-electron chi connectivity index (χ3n) is 4.32. The lowest BCUT2D eigenvalue weighted by atomic mass is 9.89. The molecule has 0 atom stereocenters. The summed E-state index contributed by atoms with van der Waals surface area (Å²) < 4.78 is 18.2. The van der Waals surface area contributed by atoms with Crippen molar-refractivity contribution in [2.45, 2.75) is 6.92 Å². The molecule has 0 bridgehead atoms. The molecule has 0 saturated carbocycles. The van der Waals surface area contributed by atoms with Crippen molar-refractivity contribution >= 4 is 11.6 Å². The van der Waals surface area contributed by atoms with Crippen LogP contribution in [0, 0.1) is 11.2 Å². The van der Waals surface area contributed by atoms with Gasteiger partial charge in [0.15, 0.2) is 5.96 Å². The molecule has 2 saturated heterocycles. The lowest BCUT2D eigenvalue weighted by Crippen LogP contribution is -2.52. The maximum absolute atomic E-state index is 13.0. The van der Waals surface area contributed by atoms with Crippen LogP contribution in [0.4, 0.5) is 10.1 Å². The fourth-order valence-corrected chi connectivity index (χ4v) is 2.76. The zero-order valence-corrected chi connectivity index (χ0v) is 13.0. The van der Waals surface area contributed by atoms with Crippen molar-refractivity contribution in [1.29, 1.82) is 0 Å². The number of ether oxygens (including phenoxy) is 1. The van der Waals surface area contributed by atoms with E-state index in [1.54, 1.807) is 0 Å². The van der Waals surface area contributed by atoms with Gasteiger partial charge in [-0.25, -0.2) is 4.39 Å². The zero-order valence-electron chi connectivity index (χ0n) is 13.0. The summed E-state index contributed by atoms with van der Waals surface area (Å²) in [5.41, 5.74) is 7.31. The largest absolute Gasteiger partial charge is 0.380 e. The van der Waals surface area contributed by atoms with Gasteiger partial charge in [-0.3, -0.25) is 4.99 Å². The average Bonchev–Trinajstić information content (AvgIpc) is 2.52. The minimum Gasteiger partial charge on any atom is -0.380 e. The maximum atomic E-state index is 13.0. The molecule has 2 aliphatic heterocycles. The van der Waals surface area contributed by atoms with Gasteiger partial charge in [0.1, 0.15) is 5.82 Å². The van der Waals surface area contributed by atoms with E-state index in [2.05, 4.69) is 21.7 Å². The SMILES string of the molecule is CC1(CN=C(N)N2CCN(c3ccc(F)cc3)CC2)COC1. The van der Waals surface area contributed by atoms with E-state index in [0.717, 1.165) is 51.6 Å². The number of rotatable bonds is 3. The molecule has 5 nitrogen and oxygen atoms in total. The predicted molar refractivity (Wildman–Crippen MR) is 85.6 cm³/mol. The summed E-state index contributed by atoms with van der Waals surface area (Å²) in [7, 11) is 0. The van der Waals surface area contributed by atoms with Crippen LogP contribution in [0.1, 0.15) is 6.92 Å². The van der Waals surface area contributed by atoms with Crippen molar-refractivity contribution in [3.63, 3.8) is 0 Å². The van der Waals surface area contributed by atoms with Crippen molar-refractivity contribution in [1.82, 2.24) is 4.90 Å². The monoisotopic (exact) mass is 306 g/mol. The zero-order chi connectivity index (χ0) is 15.6. The van der Waals surface area contributed by atoms with Gasteiger partial charge in [0.2, 0.25) is 0 Å². The highest BCUT2D eigenvalue weighted by molar-refractivity contribution is 5.78. The quantitative estimate of drug-likeness (QED) is 0.675. The molecule has 0 aromatic heterocycles. The molecule has 2 N–H and O–H groups in total. The van der Waals surface area contributed by atoms with Crippen LogP contribution in [0.15, 0.2) is 29.3 Å². The summed E-state index contributed by atoms with van der Waals surface area (Å²) in [6, 6.07) is 6.64. The van der Waals surface area contributed by atoms with Gasteiger partial charge in [-0.1, -0.05) is 6.92 Å². The Hall–Kier alpha value is -1.82. The molecule has 2 fully saturated rings. The first-order valence-electron chi connectivity index (χ1n) is 7.69. The van der Waals surface area contributed by atoms with Crippen molar-refractivity contribution in [2.75, 3.05) is 50.8 Å². The third-order valence-corrected chi connectivity index (χ3v) is 4.32. The molecule has 3 rings (SSSR count). The van der Waals surface area contributed by atoms with E-state index in [-0.39, 0.29) is 11.2 Å². The summed E-state index contributed by atoms with van der Waals surface area (Å²) in [4.78, 5) is 8.88. The van der Waals surface area contributed by atoms with Gasteiger partial charge in [-0.2, -0.15) is 0 Å². The predicted octanol–water partition coefficient (Wildman–Crippen LogP) is 1.30. The fourth-order valence-electron chi connectivity index (χ4n) is 2.76. The first-order valence-corrected chi connectivity index (χ1v) is 7.69. The molecule has 0 amide bonds. The number of halogens is 1. The number of aliphatic imine (C=N–C) groups is 1. The first kappa shape index (κ1) is 15.1. The van der Waals surface area contributed by atoms with Crippen LogP contribution >= 0.6 is 0 Å². The first-order chi connectivity index (χ1) is 10.6. The molecule has 2 aliphatic rings. The highest BCUT2D eigenvalue weighted by Gasteiger charge is 2.33. The molecular formula is C16H23FN4O. The molecule has 22 heavy (non-hydrogen) atoms. The van der Waals surface area contributed by atoms with Gasteiger partial charge >= 0.3 is 0 Å². The average molecular weight is 306 g/mol. The molecule has 6 heteroatoms. The summed E-state index contributed by atoms with van der Waals surface area (Å²) in [5, 5.41) is 0. The van der Waals surface area contributed by atoms with E-state index in [9.17, 15) is 4.39 Å². The number of anilines is 1. The number of benzene rings is 1. The fraction of sp³-hybridized carbons (Fsp3) is 0.562. The third kappa shape index (κ3) is 3.32. The summed E-state index contributed by atoms with van der Waals surface area (Å²) >= 11 is 0. The van der Waals surface area contributed by atoms with E-state index in [1.807, 2.05) is 12.1 Å². The lowest BCUT2D eigenvalue weighted by molar-refractivity contribution is -0.0945. The number of piperazine rings is 1. The van der Waals surface area contributed by atoms with Gasteiger partial charge in [0.25, 0.3) is 0 Å². The highest BCUT2D eigenvalue weighted by Crippen LogP contribution is 2.26. The standard InChI is InChI=1S/C16H23FN4O/c1-16(11-22-12-16)10-19-15(18)21-8-6-20(7-9-21)14-4-2-13(17)3-5-14/h2-5H,6-12H2,1H3,(H2,18,19). The van der Waals surface area contributed by atoms with Crippen molar-refractivity contribution in [3.05, 3.63) is 30.1 Å². The minimum atomic E-state index is -0.202. The Morgan fingerprint density at radius 3 is 2.41 bits per heavy atom. The smallest absolute Gasteiger partial charge is 0.191 e. The lowest BCUT2D eigenvalue weighted by Gasteiger charge is -2.38. The van der Waals surface area contributed by atoms with Crippen LogP contribution in [-0.4, -0.2) is 56.8 Å². The van der Waals surface area contributed by atoms with E-state index in [4.69, 9.17) is 10.5 Å². The van der Waals surface area contributed by atoms with Crippen LogP contribution in [0.5, 0.6) is 0 Å². The highest BCUT2D eigenvalue weighted by atomic mass is 19.1. The Morgan fingerprint density at radius 1 is 1.23 bits per heavy atom. The Labute approximate surface area is 130 Å². The van der Waals surface area contributed by atoms with Crippen LogP contribution < -0.4 is 10.6 Å². The Balaban J connectivity index is 1.52. The Kier molecular flexibility index (Phi) is 4.20. The Bertz CT molecular complexity index is 534. The van der Waals surface area contributed by atoms with Crippen LogP contribution in [0.2, 0.25) is 0 Å². The normalized spacial score (nSPS) is 21.6. The summed E-state index contributed by atoms with van der Waals surface area (Å²) in [6.45, 7) is 7.81. The maximum Gasteiger partial charge on any atom is 0.191 e. The molecule has 1 aromatic carbocycles. The number of hydrogen-bond acceptors (Lipinski definition) is 3. The second-order valence-electron chi connectivity index (χ2n) is 6.43. The second-order valence-corrected chi connectivity index (χ2v) is 6.43. The van der Waals surface area contributed by atoms with Gasteiger partial charge in [-0.05, 0) is 24.3 Å². The number of nitrogens with zero attached hydrogens (tertiary/aromatic N) is 3.